The predicted octanol–water partition coefficient (Wildman–Crippen LogP) is 7.07. The monoisotopic (exact) mass is 444 g/mol. The standard InChI is InChI=1S/C28H20N4O2/c1-22(31(23-12-4-2-5-13-23)27-18-10-8-16-25(27)29-20-33)32(24-14-6-3-7-15-24)28-19-11-9-17-26(28)30-21-34/h2-19H,1H2. The van der Waals surface area contributed by atoms with Crippen molar-refractivity contribution in [2.75, 3.05) is 9.80 Å². The van der Waals surface area contributed by atoms with Crippen molar-refractivity contribution in [2.24, 2.45) is 9.98 Å². The Balaban J connectivity index is 1.97. The SMILES string of the molecule is C=C(N(c1ccccc1)c1ccccc1N=C=O)N(c1ccccc1)c1ccccc1N=C=O. The minimum Gasteiger partial charge on any atom is -0.294 e. The Morgan fingerprint density at radius 3 is 1.29 bits per heavy atom. The number of hydrogen-bond acceptors (Lipinski definition) is 6. The number of isocyanates is 2. The van der Waals surface area contributed by atoms with Crippen LogP contribution in [0.15, 0.2) is 132 Å². The second-order valence-electron chi connectivity index (χ2n) is 7.14. The van der Waals surface area contributed by atoms with E-state index in [1.54, 1.807) is 36.4 Å². The van der Waals surface area contributed by atoms with Gasteiger partial charge in [0, 0.05) is 11.4 Å². The van der Waals surface area contributed by atoms with Crippen molar-refractivity contribution in [3.8, 4) is 0 Å². The fourth-order valence-corrected chi connectivity index (χ4v) is 3.70. The molecule has 0 unspecified atom stereocenters. The molecule has 0 bridgehead atoms. The number of carbonyl (C=O) groups excluding carboxylic acids is 2. The summed E-state index contributed by atoms with van der Waals surface area (Å²) in [6.07, 6.45) is 3.27. The van der Waals surface area contributed by atoms with Gasteiger partial charge in [-0.3, -0.25) is 9.80 Å². The van der Waals surface area contributed by atoms with Crippen molar-refractivity contribution < 1.29 is 9.59 Å². The third kappa shape index (κ3) is 4.59. The number of para-hydroxylation sites is 6. The summed E-state index contributed by atoms with van der Waals surface area (Å²) >= 11 is 0. The lowest BCUT2D eigenvalue weighted by atomic mass is 10.1. The third-order valence-electron chi connectivity index (χ3n) is 5.12. The molecule has 4 rings (SSSR count). The fourth-order valence-electron chi connectivity index (χ4n) is 3.70. The number of benzene rings is 4. The number of hydrogen-bond donors (Lipinski definition) is 0. The highest BCUT2D eigenvalue weighted by molar-refractivity contribution is 5.85. The third-order valence-corrected chi connectivity index (χ3v) is 5.12. The largest absolute Gasteiger partial charge is 0.294 e. The molecular formula is C28H20N4O2. The highest BCUT2D eigenvalue weighted by atomic mass is 16.1. The summed E-state index contributed by atoms with van der Waals surface area (Å²) in [6, 6.07) is 33.7. The normalized spacial score (nSPS) is 9.88. The summed E-state index contributed by atoms with van der Waals surface area (Å²) in [5, 5.41) is 0. The molecule has 0 radical (unpaired) electrons. The average molecular weight is 444 g/mol. The molecule has 0 saturated heterocycles. The van der Waals surface area contributed by atoms with E-state index in [9.17, 15) is 9.59 Å². The first-order valence-electron chi connectivity index (χ1n) is 10.5. The van der Waals surface area contributed by atoms with Crippen molar-refractivity contribution in [3.05, 3.63) is 122 Å². The zero-order valence-corrected chi connectivity index (χ0v) is 18.2. The van der Waals surface area contributed by atoms with E-state index in [0.29, 0.717) is 28.6 Å². The molecule has 0 amide bonds. The minimum absolute atomic E-state index is 0.440. The first-order valence-corrected chi connectivity index (χ1v) is 10.5. The number of aliphatic imine (C=N–C) groups is 2. The van der Waals surface area contributed by atoms with Crippen molar-refractivity contribution in [2.45, 2.75) is 0 Å². The molecule has 0 spiro atoms. The lowest BCUT2D eigenvalue weighted by Crippen LogP contribution is -2.29. The zero-order chi connectivity index (χ0) is 23.8. The lowest BCUT2D eigenvalue weighted by Gasteiger charge is -2.36. The molecule has 0 aromatic heterocycles. The lowest BCUT2D eigenvalue weighted by molar-refractivity contribution is 0.564. The minimum atomic E-state index is 0.440. The Bertz CT molecular complexity index is 1280. The first-order chi connectivity index (χ1) is 16.7. The molecule has 4 aromatic carbocycles. The van der Waals surface area contributed by atoms with Crippen LogP contribution >= 0.6 is 0 Å². The van der Waals surface area contributed by atoms with Crippen molar-refractivity contribution in [3.63, 3.8) is 0 Å². The maximum absolute atomic E-state index is 11.2. The Morgan fingerprint density at radius 2 is 0.912 bits per heavy atom. The highest BCUT2D eigenvalue weighted by Gasteiger charge is 2.25. The number of nitrogens with zero attached hydrogens (tertiary/aromatic N) is 4. The van der Waals surface area contributed by atoms with E-state index in [1.807, 2.05) is 94.7 Å². The van der Waals surface area contributed by atoms with Crippen LogP contribution in [0.4, 0.5) is 34.1 Å². The molecular weight excluding hydrogens is 424 g/mol. The van der Waals surface area contributed by atoms with E-state index in [1.165, 1.54) is 0 Å². The van der Waals surface area contributed by atoms with Crippen molar-refractivity contribution >= 4 is 46.3 Å². The molecule has 34 heavy (non-hydrogen) atoms. The smallest absolute Gasteiger partial charge is 0.240 e. The van der Waals surface area contributed by atoms with E-state index in [2.05, 4.69) is 16.6 Å². The van der Waals surface area contributed by atoms with Gasteiger partial charge in [0.15, 0.2) is 0 Å². The van der Waals surface area contributed by atoms with Crippen molar-refractivity contribution in [1.82, 2.24) is 0 Å². The van der Waals surface area contributed by atoms with Crippen LogP contribution in [0.25, 0.3) is 0 Å². The number of anilines is 4. The highest BCUT2D eigenvalue weighted by Crippen LogP contribution is 2.43. The van der Waals surface area contributed by atoms with Crippen molar-refractivity contribution in [1.29, 1.82) is 0 Å². The van der Waals surface area contributed by atoms with E-state index in [4.69, 9.17) is 0 Å². The second-order valence-corrected chi connectivity index (χ2v) is 7.14. The molecule has 0 heterocycles. The van der Waals surface area contributed by atoms with Gasteiger partial charge >= 0.3 is 0 Å². The van der Waals surface area contributed by atoms with Gasteiger partial charge in [-0.2, -0.15) is 9.98 Å². The average Bonchev–Trinajstić information content (AvgIpc) is 2.88. The summed E-state index contributed by atoms with van der Waals surface area (Å²) in [5.74, 6) is 0.527. The zero-order valence-electron chi connectivity index (χ0n) is 18.2. The molecule has 0 aliphatic carbocycles. The molecule has 6 nitrogen and oxygen atoms in total. The van der Waals surface area contributed by atoms with E-state index in [-0.39, 0.29) is 0 Å². The molecule has 6 heteroatoms. The summed E-state index contributed by atoms with van der Waals surface area (Å²) < 4.78 is 0. The van der Waals surface area contributed by atoms with Gasteiger partial charge in [0.1, 0.15) is 17.2 Å². The first kappa shape index (κ1) is 22.2. The summed E-state index contributed by atoms with van der Waals surface area (Å²) in [7, 11) is 0. The van der Waals surface area contributed by atoms with Crippen LogP contribution in [0, 0.1) is 0 Å². The van der Waals surface area contributed by atoms with Gasteiger partial charge in [-0.25, -0.2) is 9.59 Å². The van der Waals surface area contributed by atoms with Gasteiger partial charge < -0.3 is 0 Å². The second kappa shape index (κ2) is 10.5. The maximum Gasteiger partial charge on any atom is 0.240 e. The molecule has 164 valence electrons. The van der Waals surface area contributed by atoms with Gasteiger partial charge in [0.2, 0.25) is 12.2 Å². The van der Waals surface area contributed by atoms with Gasteiger partial charge in [-0.05, 0) is 48.5 Å². The topological polar surface area (TPSA) is 65.3 Å². The summed E-state index contributed by atoms with van der Waals surface area (Å²) in [4.78, 5) is 33.9. The Hall–Kier alpha value is -5.02. The molecule has 0 aliphatic rings. The van der Waals surface area contributed by atoms with Gasteiger partial charge in [-0.1, -0.05) is 67.2 Å². The fraction of sp³-hybridized carbons (Fsp3) is 0. The van der Waals surface area contributed by atoms with Gasteiger partial charge in [0.05, 0.1) is 11.4 Å². The Morgan fingerprint density at radius 1 is 0.559 bits per heavy atom. The quantitative estimate of drug-likeness (QED) is 0.215. The summed E-state index contributed by atoms with van der Waals surface area (Å²) in [6.45, 7) is 4.43. The van der Waals surface area contributed by atoms with Crippen LogP contribution in [-0.2, 0) is 9.59 Å². The Kier molecular flexibility index (Phi) is 6.87. The van der Waals surface area contributed by atoms with E-state index in [0.717, 1.165) is 11.4 Å². The molecule has 0 fully saturated rings. The molecule has 0 N–H and O–H groups in total. The van der Waals surface area contributed by atoms with Crippen LogP contribution in [0.3, 0.4) is 0 Å². The number of rotatable bonds is 8. The predicted molar refractivity (Wildman–Crippen MR) is 135 cm³/mol. The van der Waals surface area contributed by atoms with E-state index < -0.39 is 0 Å². The van der Waals surface area contributed by atoms with Gasteiger partial charge in [0.25, 0.3) is 0 Å². The van der Waals surface area contributed by atoms with Gasteiger partial charge in [-0.15, -0.1) is 0 Å². The Labute approximate surface area is 197 Å². The van der Waals surface area contributed by atoms with Crippen LogP contribution in [0.1, 0.15) is 0 Å². The van der Waals surface area contributed by atoms with E-state index >= 15 is 0 Å². The van der Waals surface area contributed by atoms with Crippen LogP contribution < -0.4 is 9.80 Å². The molecule has 4 aromatic rings. The van der Waals surface area contributed by atoms with Crippen LogP contribution in [0.5, 0.6) is 0 Å². The molecule has 0 saturated carbocycles. The van der Waals surface area contributed by atoms with Crippen LogP contribution in [0.2, 0.25) is 0 Å². The molecule has 0 atom stereocenters. The van der Waals surface area contributed by atoms with Crippen LogP contribution in [-0.4, -0.2) is 12.2 Å². The molecule has 0 aliphatic heterocycles. The summed E-state index contributed by atoms with van der Waals surface area (Å²) in [5.41, 5.74) is 3.76. The maximum atomic E-state index is 11.2.